The van der Waals surface area contributed by atoms with Gasteiger partial charge in [0.05, 0.1) is 12.2 Å². The standard InChI is InChI=1S/C29H44O4/c1-16(2)8-7-9-18-24-20-14-22(31)25-27(4)12-11-21(30)17(3)19(27)10-13-28(25,5)29(20,6)15-23(24)33-26(18)32/h8,17,19-23,25,30-31H,7,9-15H2,1-6H3/t17?,19?,20?,21?,22?,23-,25?,27-,28?,29-/m0/s1. The number of hydrogen-bond acceptors (Lipinski definition) is 4. The highest BCUT2D eigenvalue weighted by atomic mass is 16.5. The Morgan fingerprint density at radius 3 is 2.52 bits per heavy atom. The molecule has 5 aliphatic rings. The van der Waals surface area contributed by atoms with Gasteiger partial charge in [0, 0.05) is 5.57 Å². The van der Waals surface area contributed by atoms with Crippen LogP contribution in [0.3, 0.4) is 0 Å². The summed E-state index contributed by atoms with van der Waals surface area (Å²) in [5.74, 6) is 1.08. The first kappa shape index (κ1) is 23.6. The summed E-state index contributed by atoms with van der Waals surface area (Å²) in [5.41, 5.74) is 3.47. The van der Waals surface area contributed by atoms with Gasteiger partial charge in [-0.05, 0) is 111 Å². The molecule has 33 heavy (non-hydrogen) atoms. The summed E-state index contributed by atoms with van der Waals surface area (Å²) in [6.07, 6.45) is 8.80. The van der Waals surface area contributed by atoms with Crippen LogP contribution in [-0.4, -0.2) is 34.5 Å². The molecule has 4 aliphatic carbocycles. The van der Waals surface area contributed by atoms with Gasteiger partial charge in [0.2, 0.25) is 0 Å². The van der Waals surface area contributed by atoms with Crippen molar-refractivity contribution >= 4 is 5.97 Å². The lowest BCUT2D eigenvalue weighted by Gasteiger charge is -2.69. The van der Waals surface area contributed by atoms with Gasteiger partial charge in [0.1, 0.15) is 6.10 Å². The van der Waals surface area contributed by atoms with Crippen LogP contribution in [0.1, 0.15) is 92.9 Å². The minimum Gasteiger partial charge on any atom is -0.454 e. The van der Waals surface area contributed by atoms with Gasteiger partial charge in [0.15, 0.2) is 0 Å². The third-order valence-corrected chi connectivity index (χ3v) is 11.5. The van der Waals surface area contributed by atoms with Crippen molar-refractivity contribution in [1.29, 1.82) is 0 Å². The fraction of sp³-hybridized carbons (Fsp3) is 0.828. The SMILES string of the molecule is CC(C)=CCCC1=C2C3CC(O)C4C(C)(CCC5C(C)C(O)CC[C@@]54C)[C@@]3(C)C[C@@H]2OC1=O. The topological polar surface area (TPSA) is 66.8 Å². The number of aliphatic hydroxyl groups excluding tert-OH is 2. The van der Waals surface area contributed by atoms with Crippen molar-refractivity contribution in [1.82, 2.24) is 0 Å². The van der Waals surface area contributed by atoms with Gasteiger partial charge < -0.3 is 14.9 Å². The average molecular weight is 457 g/mol. The van der Waals surface area contributed by atoms with E-state index in [-0.39, 0.29) is 52.4 Å². The van der Waals surface area contributed by atoms with Crippen molar-refractivity contribution in [3.63, 3.8) is 0 Å². The average Bonchev–Trinajstić information content (AvgIpc) is 3.17. The maximum absolute atomic E-state index is 12.8. The second-order valence-corrected chi connectivity index (χ2v) is 13.1. The molecule has 10 atom stereocenters. The molecule has 1 heterocycles. The number of ether oxygens (including phenoxy) is 1. The van der Waals surface area contributed by atoms with E-state index in [2.05, 4.69) is 47.6 Å². The first-order valence-corrected chi connectivity index (χ1v) is 13.4. The molecule has 4 nitrogen and oxygen atoms in total. The zero-order valence-corrected chi connectivity index (χ0v) is 21.5. The second-order valence-electron chi connectivity index (χ2n) is 13.1. The summed E-state index contributed by atoms with van der Waals surface area (Å²) < 4.78 is 5.99. The van der Waals surface area contributed by atoms with Gasteiger partial charge in [0.25, 0.3) is 0 Å². The monoisotopic (exact) mass is 456 g/mol. The maximum atomic E-state index is 12.8. The number of esters is 1. The summed E-state index contributed by atoms with van der Waals surface area (Å²) in [4.78, 5) is 12.8. The van der Waals surface area contributed by atoms with Crippen LogP contribution in [0.2, 0.25) is 0 Å². The minimum absolute atomic E-state index is 0.00262. The fourth-order valence-corrected chi connectivity index (χ4v) is 9.78. The Hall–Kier alpha value is -1.13. The Kier molecular flexibility index (Phi) is 5.50. The Labute approximate surface area is 199 Å². The van der Waals surface area contributed by atoms with Crippen LogP contribution >= 0.6 is 0 Å². The summed E-state index contributed by atoms with van der Waals surface area (Å²) in [7, 11) is 0. The van der Waals surface area contributed by atoms with Crippen molar-refractivity contribution in [2.45, 2.75) is 111 Å². The Balaban J connectivity index is 1.53. The predicted molar refractivity (Wildman–Crippen MR) is 129 cm³/mol. The van der Waals surface area contributed by atoms with Crippen LogP contribution in [0.15, 0.2) is 22.8 Å². The predicted octanol–water partition coefficient (Wildman–Crippen LogP) is 5.58. The third kappa shape index (κ3) is 3.12. The van der Waals surface area contributed by atoms with Crippen LogP contribution in [0, 0.1) is 39.9 Å². The maximum Gasteiger partial charge on any atom is 0.334 e. The van der Waals surface area contributed by atoms with E-state index in [1.807, 2.05) is 0 Å². The van der Waals surface area contributed by atoms with Crippen molar-refractivity contribution in [3.05, 3.63) is 22.8 Å². The van der Waals surface area contributed by atoms with Gasteiger partial charge in [-0.15, -0.1) is 0 Å². The smallest absolute Gasteiger partial charge is 0.334 e. The number of fused-ring (bicyclic) bond motifs is 7. The Bertz CT molecular complexity index is 899. The van der Waals surface area contributed by atoms with E-state index in [0.29, 0.717) is 11.8 Å². The normalized spacial score (nSPS) is 50.8. The van der Waals surface area contributed by atoms with Gasteiger partial charge in [-0.1, -0.05) is 39.3 Å². The molecule has 0 radical (unpaired) electrons. The van der Waals surface area contributed by atoms with E-state index < -0.39 is 0 Å². The first-order chi connectivity index (χ1) is 15.4. The number of carbonyl (C=O) groups is 1. The first-order valence-electron chi connectivity index (χ1n) is 13.4. The number of hydrogen-bond donors (Lipinski definition) is 2. The van der Waals surface area contributed by atoms with Crippen molar-refractivity contribution < 1.29 is 19.7 Å². The molecule has 5 rings (SSSR count). The molecule has 0 amide bonds. The lowest BCUT2D eigenvalue weighted by atomic mass is 9.36. The number of rotatable bonds is 3. The molecule has 4 saturated carbocycles. The molecule has 1 aliphatic heterocycles. The van der Waals surface area contributed by atoms with E-state index >= 15 is 0 Å². The Morgan fingerprint density at radius 1 is 1.09 bits per heavy atom. The number of allylic oxidation sites excluding steroid dienone is 2. The second kappa shape index (κ2) is 7.68. The summed E-state index contributed by atoms with van der Waals surface area (Å²) in [6.45, 7) is 13.7. The lowest BCUT2D eigenvalue weighted by Crippen LogP contribution is -2.65. The van der Waals surface area contributed by atoms with Crippen LogP contribution < -0.4 is 0 Å². The molecule has 0 bridgehead atoms. The highest BCUT2D eigenvalue weighted by Gasteiger charge is 2.71. The van der Waals surface area contributed by atoms with E-state index in [1.165, 1.54) is 11.1 Å². The lowest BCUT2D eigenvalue weighted by molar-refractivity contribution is -0.234. The van der Waals surface area contributed by atoms with Crippen molar-refractivity contribution in [2.75, 3.05) is 0 Å². The molecule has 4 heteroatoms. The quantitative estimate of drug-likeness (QED) is 0.430. The molecular weight excluding hydrogens is 412 g/mol. The van der Waals surface area contributed by atoms with Crippen molar-refractivity contribution in [3.8, 4) is 0 Å². The minimum atomic E-state index is -0.371. The molecule has 4 fully saturated rings. The fourth-order valence-electron chi connectivity index (χ4n) is 9.78. The molecule has 184 valence electrons. The van der Waals surface area contributed by atoms with Gasteiger partial charge in [-0.3, -0.25) is 0 Å². The van der Waals surface area contributed by atoms with Gasteiger partial charge in [-0.2, -0.15) is 0 Å². The number of aliphatic hydroxyl groups is 2. The van der Waals surface area contributed by atoms with E-state index in [1.54, 1.807) is 0 Å². The van der Waals surface area contributed by atoms with Gasteiger partial charge in [-0.25, -0.2) is 4.79 Å². The zero-order chi connectivity index (χ0) is 23.9. The molecule has 0 aromatic heterocycles. The van der Waals surface area contributed by atoms with Crippen molar-refractivity contribution in [2.24, 2.45) is 39.9 Å². The van der Waals surface area contributed by atoms with Crippen LogP contribution in [0.5, 0.6) is 0 Å². The van der Waals surface area contributed by atoms with Crippen LogP contribution in [0.25, 0.3) is 0 Å². The largest absolute Gasteiger partial charge is 0.454 e. The third-order valence-electron chi connectivity index (χ3n) is 11.5. The van der Waals surface area contributed by atoms with E-state index in [9.17, 15) is 15.0 Å². The van der Waals surface area contributed by atoms with E-state index in [4.69, 9.17) is 4.74 Å². The molecule has 0 spiro atoms. The molecule has 0 aromatic carbocycles. The number of carbonyl (C=O) groups excluding carboxylic acids is 1. The molecular formula is C29H44O4. The summed E-state index contributed by atoms with van der Waals surface area (Å²) in [6, 6.07) is 0. The van der Waals surface area contributed by atoms with Crippen LogP contribution in [-0.2, 0) is 9.53 Å². The van der Waals surface area contributed by atoms with Gasteiger partial charge >= 0.3 is 5.97 Å². The highest BCUT2D eigenvalue weighted by molar-refractivity contribution is 5.92. The molecule has 7 unspecified atom stereocenters. The zero-order valence-electron chi connectivity index (χ0n) is 21.5. The highest BCUT2D eigenvalue weighted by Crippen LogP contribution is 2.74. The molecule has 2 N–H and O–H groups in total. The van der Waals surface area contributed by atoms with E-state index in [0.717, 1.165) is 56.9 Å². The molecule has 0 aromatic rings. The summed E-state index contributed by atoms with van der Waals surface area (Å²) >= 11 is 0. The van der Waals surface area contributed by atoms with Crippen LogP contribution in [0.4, 0.5) is 0 Å². The molecule has 0 saturated heterocycles. The Morgan fingerprint density at radius 2 is 1.82 bits per heavy atom. The summed E-state index contributed by atoms with van der Waals surface area (Å²) in [5, 5.41) is 22.4.